The second-order valence-corrected chi connectivity index (χ2v) is 7.42. The molecule has 0 aromatic carbocycles. The van der Waals surface area contributed by atoms with E-state index in [0.29, 0.717) is 6.42 Å². The molecule has 0 amide bonds. The fourth-order valence-corrected chi connectivity index (χ4v) is 3.08. The molecule has 0 bridgehead atoms. The summed E-state index contributed by atoms with van der Waals surface area (Å²) < 4.78 is 11.9. The van der Waals surface area contributed by atoms with Gasteiger partial charge >= 0.3 is 0 Å². The molecular formula is C20H42FNO2. The van der Waals surface area contributed by atoms with Crippen LogP contribution < -0.4 is 5.73 Å². The third kappa shape index (κ3) is 15.3. The first kappa shape index (κ1) is 23.8. The molecule has 0 unspecified atom stereocenters. The largest absolute Gasteiger partial charge is 0.394 e. The molecule has 0 heterocycles. The van der Waals surface area contributed by atoms with Crippen LogP contribution in [0.1, 0.15) is 103 Å². The van der Waals surface area contributed by atoms with Crippen LogP contribution in [0.15, 0.2) is 0 Å². The predicted octanol–water partition coefficient (Wildman–Crippen LogP) is 4.88. The van der Waals surface area contributed by atoms with Gasteiger partial charge in [-0.3, -0.25) is 4.39 Å². The highest BCUT2D eigenvalue weighted by Crippen LogP contribution is 2.15. The summed E-state index contributed by atoms with van der Waals surface area (Å²) in [6.45, 7) is -0.429. The number of alkyl halides is 1. The van der Waals surface area contributed by atoms with Crippen molar-refractivity contribution in [3.8, 4) is 0 Å². The summed E-state index contributed by atoms with van der Waals surface area (Å²) in [7, 11) is 0. The number of rotatable bonds is 19. The fraction of sp³-hybridized carbons (Fsp3) is 1.00. The Labute approximate surface area is 149 Å². The van der Waals surface area contributed by atoms with Crippen LogP contribution in [0, 0.1) is 0 Å². The van der Waals surface area contributed by atoms with E-state index in [1.165, 1.54) is 70.6 Å². The van der Waals surface area contributed by atoms with Crippen molar-refractivity contribution in [2.75, 3.05) is 19.9 Å². The van der Waals surface area contributed by atoms with E-state index in [1.54, 1.807) is 0 Å². The van der Waals surface area contributed by atoms with Crippen LogP contribution in [-0.2, 0) is 0 Å². The van der Waals surface area contributed by atoms with Crippen molar-refractivity contribution in [2.24, 2.45) is 5.73 Å². The van der Waals surface area contributed by atoms with Crippen molar-refractivity contribution in [2.45, 2.75) is 108 Å². The van der Waals surface area contributed by atoms with Crippen molar-refractivity contribution < 1.29 is 14.6 Å². The van der Waals surface area contributed by atoms with Gasteiger partial charge in [0.05, 0.1) is 25.4 Å². The van der Waals surface area contributed by atoms with E-state index in [2.05, 4.69) is 0 Å². The van der Waals surface area contributed by atoms with Crippen molar-refractivity contribution in [3.05, 3.63) is 0 Å². The molecule has 0 saturated carbocycles. The maximum absolute atomic E-state index is 11.9. The van der Waals surface area contributed by atoms with Gasteiger partial charge in [-0.05, 0) is 12.8 Å². The van der Waals surface area contributed by atoms with Gasteiger partial charge in [0.15, 0.2) is 0 Å². The Bertz CT molecular complexity index is 248. The summed E-state index contributed by atoms with van der Waals surface area (Å²) in [5.74, 6) is 0. The Morgan fingerprint density at radius 3 is 1.12 bits per heavy atom. The molecule has 0 saturated heterocycles. The van der Waals surface area contributed by atoms with E-state index in [9.17, 15) is 4.39 Å². The number of halogens is 1. The van der Waals surface area contributed by atoms with Crippen LogP contribution in [0.2, 0.25) is 0 Å². The van der Waals surface area contributed by atoms with Gasteiger partial charge in [0.25, 0.3) is 0 Å². The number of unbranched alkanes of at least 4 members (excludes halogenated alkanes) is 14. The van der Waals surface area contributed by atoms with E-state index in [1.807, 2.05) is 0 Å². The Kier molecular flexibility index (Phi) is 17.5. The number of hydrogen-bond donors (Lipinski definition) is 3. The highest BCUT2D eigenvalue weighted by molar-refractivity contribution is 4.81. The van der Waals surface area contributed by atoms with Gasteiger partial charge < -0.3 is 15.9 Å². The van der Waals surface area contributed by atoms with E-state index in [0.717, 1.165) is 25.7 Å². The number of aliphatic hydroxyl groups excluding tert-OH is 2. The Morgan fingerprint density at radius 2 is 0.833 bits per heavy atom. The molecule has 0 atom stereocenters. The van der Waals surface area contributed by atoms with E-state index in [4.69, 9.17) is 15.9 Å². The molecule has 0 aliphatic heterocycles. The maximum atomic E-state index is 11.9. The molecule has 146 valence electrons. The first-order chi connectivity index (χ1) is 11.7. The third-order valence-electron chi connectivity index (χ3n) is 4.94. The molecule has 0 aliphatic rings. The fourth-order valence-electron chi connectivity index (χ4n) is 3.08. The number of aliphatic hydroxyl groups is 2. The predicted molar refractivity (Wildman–Crippen MR) is 101 cm³/mol. The summed E-state index contributed by atoms with van der Waals surface area (Å²) in [5, 5.41) is 18.2. The van der Waals surface area contributed by atoms with Gasteiger partial charge in [-0.25, -0.2) is 0 Å². The maximum Gasteiger partial charge on any atom is 0.0894 e. The Balaban J connectivity index is 3.13. The van der Waals surface area contributed by atoms with Crippen molar-refractivity contribution in [1.29, 1.82) is 0 Å². The second kappa shape index (κ2) is 17.6. The lowest BCUT2D eigenvalue weighted by molar-refractivity contribution is 0.112. The minimum absolute atomic E-state index is 0.138. The molecule has 0 aliphatic carbocycles. The zero-order chi connectivity index (χ0) is 17.9. The molecule has 4 N–H and O–H groups in total. The lowest BCUT2D eigenvalue weighted by atomic mass is 9.94. The highest BCUT2D eigenvalue weighted by atomic mass is 18.2. The minimum atomic E-state index is -0.784. The second-order valence-electron chi connectivity index (χ2n) is 7.42. The lowest BCUT2D eigenvalue weighted by Gasteiger charge is -2.24. The zero-order valence-electron chi connectivity index (χ0n) is 15.8. The van der Waals surface area contributed by atoms with Gasteiger partial charge in [0.2, 0.25) is 0 Å². The summed E-state index contributed by atoms with van der Waals surface area (Å²) in [5.41, 5.74) is 5.06. The van der Waals surface area contributed by atoms with Gasteiger partial charge in [-0.2, -0.15) is 0 Å². The Hall–Kier alpha value is -0.190. The normalized spacial score (nSPS) is 12.0. The van der Waals surface area contributed by atoms with Crippen LogP contribution in [-0.4, -0.2) is 35.6 Å². The molecule has 3 nitrogen and oxygen atoms in total. The van der Waals surface area contributed by atoms with E-state index in [-0.39, 0.29) is 19.9 Å². The van der Waals surface area contributed by atoms with Gasteiger partial charge in [-0.15, -0.1) is 0 Å². The molecule has 24 heavy (non-hydrogen) atoms. The lowest BCUT2D eigenvalue weighted by Crippen LogP contribution is -2.47. The smallest absolute Gasteiger partial charge is 0.0894 e. The van der Waals surface area contributed by atoms with Gasteiger partial charge in [0.1, 0.15) is 0 Å². The Morgan fingerprint density at radius 1 is 0.542 bits per heavy atom. The van der Waals surface area contributed by atoms with Crippen LogP contribution >= 0.6 is 0 Å². The van der Waals surface area contributed by atoms with Crippen LogP contribution in [0.25, 0.3) is 0 Å². The highest BCUT2D eigenvalue weighted by Gasteiger charge is 2.21. The average Bonchev–Trinajstić information content (AvgIpc) is 2.61. The van der Waals surface area contributed by atoms with Crippen molar-refractivity contribution >= 4 is 0 Å². The topological polar surface area (TPSA) is 66.5 Å². The number of nitrogens with two attached hydrogens (primary N) is 1. The van der Waals surface area contributed by atoms with Crippen LogP contribution in [0.4, 0.5) is 4.39 Å². The monoisotopic (exact) mass is 346 g/mol. The first-order valence-corrected chi connectivity index (χ1v) is 10.2. The van der Waals surface area contributed by atoms with Crippen molar-refractivity contribution in [1.82, 2.24) is 0 Å². The van der Waals surface area contributed by atoms with E-state index < -0.39 is 5.54 Å². The summed E-state index contributed by atoms with van der Waals surface area (Å²) in [6, 6.07) is 0. The summed E-state index contributed by atoms with van der Waals surface area (Å²) in [4.78, 5) is 0. The van der Waals surface area contributed by atoms with Gasteiger partial charge in [-0.1, -0.05) is 89.9 Å². The summed E-state index contributed by atoms with van der Waals surface area (Å²) in [6.07, 6.45) is 19.0. The van der Waals surface area contributed by atoms with Crippen LogP contribution in [0.3, 0.4) is 0 Å². The minimum Gasteiger partial charge on any atom is -0.394 e. The molecule has 0 fully saturated rings. The van der Waals surface area contributed by atoms with Crippen LogP contribution in [0.5, 0.6) is 0 Å². The standard InChI is InChI=1S/C20H42FNO2/c21-17-15-13-11-9-7-5-3-1-2-4-6-8-10-12-14-16-20(22,18-23)19-24/h23-24H,1-19,22H2/i21-1. The van der Waals surface area contributed by atoms with E-state index >= 15 is 0 Å². The third-order valence-corrected chi connectivity index (χ3v) is 4.94. The molecule has 0 spiro atoms. The van der Waals surface area contributed by atoms with Crippen molar-refractivity contribution in [3.63, 3.8) is 0 Å². The SMILES string of the molecule is NC(CO)(CO)CCCCCCCCCCCCCCCCC[18F]. The summed E-state index contributed by atoms with van der Waals surface area (Å²) >= 11 is 0. The number of hydrogen-bond acceptors (Lipinski definition) is 3. The molecule has 0 radical (unpaired) electrons. The average molecular weight is 347 g/mol. The molecule has 0 rings (SSSR count). The quantitative estimate of drug-likeness (QED) is 0.292. The molecule has 0 aromatic heterocycles. The molecular weight excluding hydrogens is 304 g/mol. The zero-order valence-corrected chi connectivity index (χ0v) is 15.8. The molecule has 0 aromatic rings. The first-order valence-electron chi connectivity index (χ1n) is 10.2. The molecule has 4 heteroatoms. The van der Waals surface area contributed by atoms with Gasteiger partial charge in [0, 0.05) is 0 Å².